The smallest absolute Gasteiger partial charge is 0.338 e. The lowest BCUT2D eigenvalue weighted by molar-refractivity contribution is -0.384. The summed E-state index contributed by atoms with van der Waals surface area (Å²) in [6, 6.07) is 10.9. The highest BCUT2D eigenvalue weighted by atomic mass is 16.6. The minimum Gasteiger partial charge on any atom is -0.481 e. The van der Waals surface area contributed by atoms with Gasteiger partial charge in [0.1, 0.15) is 0 Å². The van der Waals surface area contributed by atoms with E-state index in [1.54, 1.807) is 36.2 Å². The molecule has 0 aliphatic carbocycles. The van der Waals surface area contributed by atoms with Crippen molar-refractivity contribution in [3.63, 3.8) is 0 Å². The van der Waals surface area contributed by atoms with E-state index in [1.807, 2.05) is 0 Å². The second-order valence-electron chi connectivity index (χ2n) is 11.3. The minimum atomic E-state index is -0.872. The summed E-state index contributed by atoms with van der Waals surface area (Å²) in [7, 11) is 1.79. The number of nitro groups is 1. The van der Waals surface area contributed by atoms with Crippen LogP contribution < -0.4 is 4.90 Å². The van der Waals surface area contributed by atoms with E-state index in [-0.39, 0.29) is 30.0 Å². The third-order valence-corrected chi connectivity index (χ3v) is 7.61. The van der Waals surface area contributed by atoms with Crippen LogP contribution in [-0.2, 0) is 9.53 Å². The Morgan fingerprint density at radius 2 is 1.36 bits per heavy atom. The van der Waals surface area contributed by atoms with E-state index >= 15 is 0 Å². The first kappa shape index (κ1) is 36.4. The average Bonchev–Trinajstić information content (AvgIpc) is 3.02. The molecule has 2 aromatic carbocycles. The molecule has 0 fully saturated rings. The normalized spacial score (nSPS) is 11.1. The van der Waals surface area contributed by atoms with E-state index in [4.69, 9.17) is 9.84 Å². The molecule has 0 aliphatic rings. The maximum Gasteiger partial charge on any atom is 0.338 e. The van der Waals surface area contributed by atoms with Crippen molar-refractivity contribution in [2.45, 2.75) is 110 Å². The fourth-order valence-electron chi connectivity index (χ4n) is 4.88. The molecule has 0 spiro atoms. The number of rotatable bonds is 24. The maximum atomic E-state index is 12.5. The van der Waals surface area contributed by atoms with Crippen LogP contribution >= 0.6 is 0 Å². The molecule has 0 aliphatic heterocycles. The molecule has 10 heteroatoms. The predicted molar refractivity (Wildman–Crippen MR) is 174 cm³/mol. The zero-order valence-electron chi connectivity index (χ0n) is 26.5. The number of anilines is 1. The summed E-state index contributed by atoms with van der Waals surface area (Å²) in [5.41, 5.74) is 1.08. The largest absolute Gasteiger partial charge is 0.481 e. The summed E-state index contributed by atoms with van der Waals surface area (Å²) >= 11 is 0. The van der Waals surface area contributed by atoms with E-state index in [2.05, 4.69) is 17.2 Å². The Bertz CT molecular complexity index is 1170. The maximum absolute atomic E-state index is 12.5. The summed E-state index contributed by atoms with van der Waals surface area (Å²) in [5, 5.41) is 28.6. The summed E-state index contributed by atoms with van der Waals surface area (Å²) in [6.45, 7) is 2.90. The fraction of sp³-hybridized carbons (Fsp3) is 0.588. The standard InChI is InChI=1S/C34H50N4O6/c1-3-4-5-6-7-8-9-10-11-12-13-14-15-16-17-26-44-34(41)28-18-23-31(32(27-28)38(42)43)36-35-29-19-21-30(22-20-29)37(2)25-24-33(39)40/h18-23,27H,3-17,24-26H2,1-2H3,(H,39,40). The van der Waals surface area contributed by atoms with Gasteiger partial charge in [0, 0.05) is 25.3 Å². The van der Waals surface area contributed by atoms with Crippen LogP contribution in [0.1, 0.15) is 120 Å². The average molecular weight is 611 g/mol. The van der Waals surface area contributed by atoms with Crippen LogP contribution in [0, 0.1) is 10.1 Å². The van der Waals surface area contributed by atoms with E-state index in [9.17, 15) is 19.7 Å². The molecule has 242 valence electrons. The van der Waals surface area contributed by atoms with Gasteiger partial charge in [-0.15, -0.1) is 5.11 Å². The highest BCUT2D eigenvalue weighted by molar-refractivity contribution is 5.91. The molecular weight excluding hydrogens is 560 g/mol. The molecule has 0 bridgehead atoms. The Hall–Kier alpha value is -3.82. The monoisotopic (exact) mass is 610 g/mol. The van der Waals surface area contributed by atoms with Crippen molar-refractivity contribution < 1.29 is 24.4 Å². The number of esters is 1. The first-order valence-electron chi connectivity index (χ1n) is 16.2. The Labute approximate surface area is 262 Å². The third-order valence-electron chi connectivity index (χ3n) is 7.61. The van der Waals surface area contributed by atoms with E-state index < -0.39 is 16.9 Å². The van der Waals surface area contributed by atoms with Crippen molar-refractivity contribution in [1.82, 2.24) is 0 Å². The van der Waals surface area contributed by atoms with Gasteiger partial charge in [0.25, 0.3) is 5.69 Å². The Morgan fingerprint density at radius 3 is 1.89 bits per heavy atom. The summed E-state index contributed by atoms with van der Waals surface area (Å²) < 4.78 is 5.35. The zero-order valence-corrected chi connectivity index (χ0v) is 26.5. The zero-order chi connectivity index (χ0) is 32.0. The van der Waals surface area contributed by atoms with Gasteiger partial charge in [-0.1, -0.05) is 96.8 Å². The molecule has 0 radical (unpaired) electrons. The van der Waals surface area contributed by atoms with Crippen LogP contribution in [0.3, 0.4) is 0 Å². The Balaban J connectivity index is 1.68. The fourth-order valence-corrected chi connectivity index (χ4v) is 4.88. The number of unbranched alkanes of at least 4 members (excludes halogenated alkanes) is 14. The lowest BCUT2D eigenvalue weighted by atomic mass is 10.0. The summed E-state index contributed by atoms with van der Waals surface area (Å²) in [5.74, 6) is -1.46. The lowest BCUT2D eigenvalue weighted by Gasteiger charge is -2.17. The molecule has 0 heterocycles. The van der Waals surface area contributed by atoms with Gasteiger partial charge in [-0.05, 0) is 42.8 Å². The topological polar surface area (TPSA) is 135 Å². The summed E-state index contributed by atoms with van der Waals surface area (Å²) in [6.07, 6.45) is 18.9. The molecule has 0 atom stereocenters. The highest BCUT2D eigenvalue weighted by Crippen LogP contribution is 2.31. The van der Waals surface area contributed by atoms with Gasteiger partial charge in [0.2, 0.25) is 0 Å². The SMILES string of the molecule is CCCCCCCCCCCCCCCCCOC(=O)c1ccc(N=Nc2ccc(N(C)CCC(=O)O)cc2)c([N+](=O)[O-])c1. The van der Waals surface area contributed by atoms with Gasteiger partial charge in [-0.2, -0.15) is 5.11 Å². The van der Waals surface area contributed by atoms with Crippen molar-refractivity contribution in [3.05, 3.63) is 58.1 Å². The Kier molecular flexibility index (Phi) is 18.0. The van der Waals surface area contributed by atoms with E-state index in [0.717, 1.165) is 24.9 Å². The number of nitro benzene ring substituents is 1. The number of ether oxygens (including phenoxy) is 1. The lowest BCUT2D eigenvalue weighted by Crippen LogP contribution is -2.20. The molecule has 44 heavy (non-hydrogen) atoms. The first-order chi connectivity index (χ1) is 21.3. The Morgan fingerprint density at radius 1 is 0.818 bits per heavy atom. The molecule has 0 unspecified atom stereocenters. The molecule has 0 aromatic heterocycles. The second-order valence-corrected chi connectivity index (χ2v) is 11.3. The third kappa shape index (κ3) is 15.1. The molecular formula is C34H50N4O6. The van der Waals surface area contributed by atoms with Gasteiger partial charge in [0.05, 0.1) is 29.2 Å². The van der Waals surface area contributed by atoms with Crippen LogP contribution in [0.15, 0.2) is 52.7 Å². The van der Waals surface area contributed by atoms with Crippen LogP contribution in [-0.4, -0.2) is 42.2 Å². The highest BCUT2D eigenvalue weighted by Gasteiger charge is 2.18. The molecule has 2 aromatic rings. The number of aliphatic carboxylic acids is 1. The number of azo groups is 1. The van der Waals surface area contributed by atoms with Crippen molar-refractivity contribution >= 4 is 34.7 Å². The number of carboxylic acid groups (broad SMARTS) is 1. The van der Waals surface area contributed by atoms with Gasteiger partial charge in [-0.3, -0.25) is 14.9 Å². The predicted octanol–water partition coefficient (Wildman–Crippen LogP) is 9.95. The van der Waals surface area contributed by atoms with Crippen LogP contribution in [0.4, 0.5) is 22.7 Å². The van der Waals surface area contributed by atoms with Crippen molar-refractivity contribution in [2.75, 3.05) is 25.1 Å². The number of carbonyl (C=O) groups is 2. The van der Waals surface area contributed by atoms with E-state index in [1.165, 1.54) is 95.2 Å². The number of carboxylic acids is 1. The number of nitrogens with zero attached hydrogens (tertiary/aromatic N) is 4. The second kappa shape index (κ2) is 21.8. The minimum absolute atomic E-state index is 0.0185. The van der Waals surface area contributed by atoms with Gasteiger partial charge in [0.15, 0.2) is 5.69 Å². The van der Waals surface area contributed by atoms with E-state index in [0.29, 0.717) is 12.2 Å². The summed E-state index contributed by atoms with van der Waals surface area (Å²) in [4.78, 5) is 36.1. The van der Waals surface area contributed by atoms with Gasteiger partial charge in [-0.25, -0.2) is 4.79 Å². The molecule has 2 rings (SSSR count). The number of hydrogen-bond donors (Lipinski definition) is 1. The first-order valence-corrected chi connectivity index (χ1v) is 16.2. The van der Waals surface area contributed by atoms with Crippen molar-refractivity contribution in [3.8, 4) is 0 Å². The molecule has 10 nitrogen and oxygen atoms in total. The van der Waals surface area contributed by atoms with Gasteiger partial charge >= 0.3 is 11.9 Å². The molecule has 0 saturated heterocycles. The van der Waals surface area contributed by atoms with Crippen LogP contribution in [0.25, 0.3) is 0 Å². The van der Waals surface area contributed by atoms with Crippen LogP contribution in [0.2, 0.25) is 0 Å². The molecule has 1 N–H and O–H groups in total. The van der Waals surface area contributed by atoms with Gasteiger partial charge < -0.3 is 14.7 Å². The van der Waals surface area contributed by atoms with Crippen LogP contribution in [0.5, 0.6) is 0 Å². The number of benzene rings is 2. The number of hydrogen-bond acceptors (Lipinski definition) is 8. The quantitative estimate of drug-likeness (QED) is 0.0411. The molecule has 0 saturated carbocycles. The molecule has 0 amide bonds. The number of carbonyl (C=O) groups excluding carboxylic acids is 1. The van der Waals surface area contributed by atoms with Crippen molar-refractivity contribution in [1.29, 1.82) is 0 Å². The van der Waals surface area contributed by atoms with Crippen molar-refractivity contribution in [2.24, 2.45) is 10.2 Å².